The molecule has 24 heavy (non-hydrogen) atoms. The van der Waals surface area contributed by atoms with Gasteiger partial charge in [0.05, 0.1) is 0 Å². The summed E-state index contributed by atoms with van der Waals surface area (Å²) in [4.78, 5) is 21.3. The summed E-state index contributed by atoms with van der Waals surface area (Å²) in [6, 6.07) is 6.70. The highest BCUT2D eigenvalue weighted by Crippen LogP contribution is 2.13. The van der Waals surface area contributed by atoms with Crippen molar-refractivity contribution in [3.63, 3.8) is 0 Å². The van der Waals surface area contributed by atoms with Crippen molar-refractivity contribution in [1.82, 2.24) is 20.5 Å². The summed E-state index contributed by atoms with van der Waals surface area (Å²) >= 11 is 0. The molecule has 6 nitrogen and oxygen atoms in total. The number of piperidine rings is 1. The molecule has 2 atom stereocenters. The van der Waals surface area contributed by atoms with E-state index in [0.29, 0.717) is 12.5 Å². The molecule has 0 saturated carbocycles. The van der Waals surface area contributed by atoms with Crippen LogP contribution in [0.4, 0.5) is 5.82 Å². The first kappa shape index (κ1) is 17.2. The Labute approximate surface area is 144 Å². The van der Waals surface area contributed by atoms with Gasteiger partial charge < -0.3 is 15.5 Å². The second kappa shape index (κ2) is 8.44. The van der Waals surface area contributed by atoms with Gasteiger partial charge in [0, 0.05) is 57.4 Å². The minimum atomic E-state index is 0.183. The Kier molecular flexibility index (Phi) is 6.04. The molecule has 0 radical (unpaired) electrons. The van der Waals surface area contributed by atoms with Gasteiger partial charge in [-0.25, -0.2) is 4.98 Å². The first-order valence-corrected chi connectivity index (χ1v) is 9.13. The van der Waals surface area contributed by atoms with Crippen molar-refractivity contribution in [2.75, 3.05) is 44.2 Å². The molecule has 0 aromatic carbocycles. The van der Waals surface area contributed by atoms with Gasteiger partial charge in [-0.1, -0.05) is 6.07 Å². The third-order valence-corrected chi connectivity index (χ3v) is 5.11. The van der Waals surface area contributed by atoms with Crippen LogP contribution in [0.5, 0.6) is 0 Å². The van der Waals surface area contributed by atoms with Crippen LogP contribution in [0, 0.1) is 0 Å². The van der Waals surface area contributed by atoms with E-state index in [1.807, 2.05) is 18.3 Å². The average molecular weight is 331 g/mol. The minimum Gasteiger partial charge on any atom is -0.354 e. The van der Waals surface area contributed by atoms with Crippen LogP contribution in [0.15, 0.2) is 24.4 Å². The highest BCUT2D eigenvalue weighted by atomic mass is 16.1. The standard InChI is InChI=1S/C18H29N5O/c1-15-16(5-4-9-19-15)21-18(24)7-10-22-11-13-23(14-12-22)17-6-2-3-8-20-17/h2-3,6,8,15-16,19H,4-5,7,9-14H2,1H3,(H,21,24). The fourth-order valence-corrected chi connectivity index (χ4v) is 3.52. The molecular formula is C18H29N5O. The monoisotopic (exact) mass is 331 g/mol. The van der Waals surface area contributed by atoms with Crippen LogP contribution in [-0.4, -0.2) is 67.1 Å². The Morgan fingerprint density at radius 2 is 2.17 bits per heavy atom. The molecule has 2 aliphatic rings. The van der Waals surface area contributed by atoms with Crippen LogP contribution in [-0.2, 0) is 4.79 Å². The number of piperazine rings is 1. The highest BCUT2D eigenvalue weighted by molar-refractivity contribution is 5.76. The first-order chi connectivity index (χ1) is 11.7. The Bertz CT molecular complexity index is 515. The Hall–Kier alpha value is -1.66. The number of carbonyl (C=O) groups excluding carboxylic acids is 1. The lowest BCUT2D eigenvalue weighted by Gasteiger charge is -2.35. The third-order valence-electron chi connectivity index (χ3n) is 5.11. The average Bonchev–Trinajstić information content (AvgIpc) is 2.63. The predicted octanol–water partition coefficient (Wildman–Crippen LogP) is 0.850. The van der Waals surface area contributed by atoms with E-state index in [9.17, 15) is 4.79 Å². The molecule has 3 rings (SSSR count). The SMILES string of the molecule is CC1NCCCC1NC(=O)CCN1CCN(c2ccccn2)CC1. The fraction of sp³-hybridized carbons (Fsp3) is 0.667. The number of aromatic nitrogens is 1. The van der Waals surface area contributed by atoms with Crippen LogP contribution in [0.3, 0.4) is 0 Å². The van der Waals surface area contributed by atoms with E-state index in [1.54, 1.807) is 0 Å². The van der Waals surface area contributed by atoms with Crippen molar-refractivity contribution in [3.8, 4) is 0 Å². The van der Waals surface area contributed by atoms with Crippen molar-refractivity contribution >= 4 is 11.7 Å². The molecular weight excluding hydrogens is 302 g/mol. The largest absolute Gasteiger partial charge is 0.354 e. The molecule has 6 heteroatoms. The first-order valence-electron chi connectivity index (χ1n) is 9.13. The molecule has 2 fully saturated rings. The zero-order chi connectivity index (χ0) is 16.8. The smallest absolute Gasteiger partial charge is 0.221 e. The van der Waals surface area contributed by atoms with Gasteiger partial charge in [-0.3, -0.25) is 9.69 Å². The summed E-state index contributed by atoms with van der Waals surface area (Å²) < 4.78 is 0. The molecule has 2 unspecified atom stereocenters. The van der Waals surface area contributed by atoms with E-state index in [4.69, 9.17) is 0 Å². The van der Waals surface area contributed by atoms with E-state index in [0.717, 1.165) is 57.9 Å². The van der Waals surface area contributed by atoms with E-state index in [1.165, 1.54) is 0 Å². The van der Waals surface area contributed by atoms with Crippen LogP contribution in [0.2, 0.25) is 0 Å². The van der Waals surface area contributed by atoms with Gasteiger partial charge in [-0.2, -0.15) is 0 Å². The molecule has 2 aliphatic heterocycles. The molecule has 0 spiro atoms. The number of hydrogen-bond donors (Lipinski definition) is 2. The quantitative estimate of drug-likeness (QED) is 0.838. The lowest BCUT2D eigenvalue weighted by molar-refractivity contribution is -0.122. The second-order valence-corrected chi connectivity index (χ2v) is 6.83. The topological polar surface area (TPSA) is 60.5 Å². The number of amides is 1. The molecule has 2 saturated heterocycles. The normalized spacial score (nSPS) is 25.5. The molecule has 1 aromatic heterocycles. The minimum absolute atomic E-state index is 0.183. The number of carbonyl (C=O) groups is 1. The van der Waals surface area contributed by atoms with Gasteiger partial charge in [0.25, 0.3) is 0 Å². The highest BCUT2D eigenvalue weighted by Gasteiger charge is 2.23. The number of rotatable bonds is 5. The lowest BCUT2D eigenvalue weighted by atomic mass is 10.00. The molecule has 0 bridgehead atoms. The Morgan fingerprint density at radius 3 is 2.88 bits per heavy atom. The zero-order valence-electron chi connectivity index (χ0n) is 14.6. The predicted molar refractivity (Wildman–Crippen MR) is 96.1 cm³/mol. The number of anilines is 1. The number of nitrogens with one attached hydrogen (secondary N) is 2. The molecule has 3 heterocycles. The maximum Gasteiger partial charge on any atom is 0.221 e. The van der Waals surface area contributed by atoms with Gasteiger partial charge >= 0.3 is 0 Å². The van der Waals surface area contributed by atoms with Crippen molar-refractivity contribution in [2.24, 2.45) is 0 Å². The Balaban J connectivity index is 1.36. The second-order valence-electron chi connectivity index (χ2n) is 6.83. The number of nitrogens with zero attached hydrogens (tertiary/aromatic N) is 3. The summed E-state index contributed by atoms with van der Waals surface area (Å²) in [7, 11) is 0. The summed E-state index contributed by atoms with van der Waals surface area (Å²) in [6.45, 7) is 7.99. The maximum absolute atomic E-state index is 12.2. The summed E-state index contributed by atoms with van der Waals surface area (Å²) in [6.07, 6.45) is 4.66. The zero-order valence-corrected chi connectivity index (χ0v) is 14.6. The van der Waals surface area contributed by atoms with Gasteiger partial charge in [-0.05, 0) is 38.4 Å². The number of pyridine rings is 1. The lowest BCUT2D eigenvalue weighted by Crippen LogP contribution is -2.52. The van der Waals surface area contributed by atoms with Crippen LogP contribution < -0.4 is 15.5 Å². The van der Waals surface area contributed by atoms with Crippen molar-refractivity contribution in [1.29, 1.82) is 0 Å². The van der Waals surface area contributed by atoms with Gasteiger partial charge in [0.15, 0.2) is 0 Å². The van der Waals surface area contributed by atoms with Gasteiger partial charge in [-0.15, -0.1) is 0 Å². The van der Waals surface area contributed by atoms with Gasteiger partial charge in [0.2, 0.25) is 5.91 Å². The Morgan fingerprint density at radius 1 is 1.33 bits per heavy atom. The van der Waals surface area contributed by atoms with Crippen LogP contribution in [0.25, 0.3) is 0 Å². The van der Waals surface area contributed by atoms with E-state index in [2.05, 4.69) is 38.4 Å². The molecule has 1 aromatic rings. The van der Waals surface area contributed by atoms with Crippen molar-refractivity contribution < 1.29 is 4.79 Å². The van der Waals surface area contributed by atoms with Crippen molar-refractivity contribution in [2.45, 2.75) is 38.3 Å². The third kappa shape index (κ3) is 4.68. The van der Waals surface area contributed by atoms with Crippen LogP contribution in [0.1, 0.15) is 26.2 Å². The van der Waals surface area contributed by atoms with Gasteiger partial charge in [0.1, 0.15) is 5.82 Å². The van der Waals surface area contributed by atoms with Crippen LogP contribution >= 0.6 is 0 Å². The van der Waals surface area contributed by atoms with Crippen molar-refractivity contribution in [3.05, 3.63) is 24.4 Å². The van der Waals surface area contributed by atoms with E-state index in [-0.39, 0.29) is 11.9 Å². The van der Waals surface area contributed by atoms with E-state index < -0.39 is 0 Å². The summed E-state index contributed by atoms with van der Waals surface area (Å²) in [5.74, 6) is 1.23. The summed E-state index contributed by atoms with van der Waals surface area (Å²) in [5.41, 5.74) is 0. The van der Waals surface area contributed by atoms with E-state index >= 15 is 0 Å². The summed E-state index contributed by atoms with van der Waals surface area (Å²) in [5, 5.41) is 6.62. The molecule has 0 aliphatic carbocycles. The molecule has 132 valence electrons. The molecule has 1 amide bonds. The maximum atomic E-state index is 12.2. The molecule has 2 N–H and O–H groups in total. The number of hydrogen-bond acceptors (Lipinski definition) is 5. The fourth-order valence-electron chi connectivity index (χ4n) is 3.52.